The van der Waals surface area contributed by atoms with Crippen molar-refractivity contribution in [2.75, 3.05) is 6.54 Å². The molecule has 0 amide bonds. The number of aromatic nitrogens is 5. The van der Waals surface area contributed by atoms with Crippen LogP contribution in [-0.2, 0) is 26.1 Å². The molecular weight excluding hydrogens is 408 g/mol. The van der Waals surface area contributed by atoms with E-state index in [1.165, 1.54) is 33.9 Å². The predicted molar refractivity (Wildman–Crippen MR) is 128 cm³/mol. The zero-order chi connectivity index (χ0) is 22.0. The molecule has 0 aliphatic carbocycles. The van der Waals surface area contributed by atoms with E-state index >= 15 is 0 Å². The van der Waals surface area contributed by atoms with Gasteiger partial charge in [-0.2, -0.15) is 0 Å². The lowest BCUT2D eigenvalue weighted by atomic mass is 10.1. The van der Waals surface area contributed by atoms with Crippen LogP contribution in [0.25, 0.3) is 22.3 Å². The summed E-state index contributed by atoms with van der Waals surface area (Å²) in [5.74, 6) is 0.701. The molecule has 5 aromatic rings. The lowest BCUT2D eigenvalue weighted by Crippen LogP contribution is -2.30. The fourth-order valence-electron chi connectivity index (χ4n) is 4.66. The molecule has 0 saturated carbocycles. The third-order valence-electron chi connectivity index (χ3n) is 6.29. The molecule has 162 valence electrons. The lowest BCUT2D eigenvalue weighted by Gasteiger charge is -2.27. The molecule has 0 N–H and O–H groups in total. The number of hydrogen-bond acceptors (Lipinski definition) is 5. The van der Waals surface area contributed by atoms with E-state index in [4.69, 9.17) is 4.98 Å². The van der Waals surface area contributed by atoms with E-state index in [2.05, 4.69) is 85.2 Å². The molecule has 6 heteroatoms. The second-order valence-electron chi connectivity index (χ2n) is 8.54. The van der Waals surface area contributed by atoms with Crippen LogP contribution in [0, 0.1) is 0 Å². The summed E-state index contributed by atoms with van der Waals surface area (Å²) in [4.78, 5) is 20.0. The third-order valence-corrected chi connectivity index (χ3v) is 6.29. The van der Waals surface area contributed by atoms with Crippen LogP contribution in [0.1, 0.15) is 22.4 Å². The van der Waals surface area contributed by atoms with Crippen molar-refractivity contribution < 1.29 is 0 Å². The van der Waals surface area contributed by atoms with Crippen LogP contribution in [0.2, 0.25) is 0 Å². The molecule has 0 spiro atoms. The quantitative estimate of drug-likeness (QED) is 0.409. The van der Waals surface area contributed by atoms with Gasteiger partial charge in [-0.25, -0.2) is 19.9 Å². The first-order valence-corrected chi connectivity index (χ1v) is 11.3. The van der Waals surface area contributed by atoms with Gasteiger partial charge in [-0.3, -0.25) is 4.90 Å². The minimum Gasteiger partial charge on any atom is -0.343 e. The molecule has 0 radical (unpaired) electrons. The van der Waals surface area contributed by atoms with Gasteiger partial charge in [-0.15, -0.1) is 0 Å². The van der Waals surface area contributed by atoms with Crippen molar-refractivity contribution >= 4 is 10.9 Å². The van der Waals surface area contributed by atoms with Gasteiger partial charge < -0.3 is 4.57 Å². The Balaban J connectivity index is 1.24. The number of benzene rings is 2. The molecule has 1 aliphatic heterocycles. The summed E-state index contributed by atoms with van der Waals surface area (Å²) in [6, 6.07) is 19.4. The maximum Gasteiger partial charge on any atom is 0.162 e. The standard InChI is InChI=1S/C27H24N6/c1-2-6-20(7-3-1)15-33-18-23(24-8-4-5-9-26(24)33)17-32-11-10-25-22(16-32)14-30-27(31-25)21-12-28-19-29-13-21/h1-9,12-14,18-19H,10-11,15-17H2. The Hall–Kier alpha value is -3.90. The van der Waals surface area contributed by atoms with Gasteiger partial charge >= 0.3 is 0 Å². The van der Waals surface area contributed by atoms with Crippen LogP contribution in [0.15, 0.2) is 85.7 Å². The molecule has 33 heavy (non-hydrogen) atoms. The van der Waals surface area contributed by atoms with E-state index in [1.54, 1.807) is 12.4 Å². The van der Waals surface area contributed by atoms with Crippen LogP contribution >= 0.6 is 0 Å². The smallest absolute Gasteiger partial charge is 0.162 e. The van der Waals surface area contributed by atoms with Gasteiger partial charge in [0.05, 0.1) is 11.3 Å². The van der Waals surface area contributed by atoms with Crippen molar-refractivity contribution in [3.63, 3.8) is 0 Å². The highest BCUT2D eigenvalue weighted by Gasteiger charge is 2.20. The molecule has 0 atom stereocenters. The predicted octanol–water partition coefficient (Wildman–Crippen LogP) is 4.49. The van der Waals surface area contributed by atoms with Crippen molar-refractivity contribution in [3.8, 4) is 11.4 Å². The van der Waals surface area contributed by atoms with E-state index in [0.29, 0.717) is 5.82 Å². The Morgan fingerprint density at radius 2 is 1.67 bits per heavy atom. The summed E-state index contributed by atoms with van der Waals surface area (Å²) in [5, 5.41) is 1.33. The Morgan fingerprint density at radius 1 is 0.848 bits per heavy atom. The molecule has 4 heterocycles. The molecule has 3 aromatic heterocycles. The lowest BCUT2D eigenvalue weighted by molar-refractivity contribution is 0.243. The van der Waals surface area contributed by atoms with E-state index in [-0.39, 0.29) is 0 Å². The van der Waals surface area contributed by atoms with E-state index in [9.17, 15) is 0 Å². The zero-order valence-electron chi connectivity index (χ0n) is 18.3. The van der Waals surface area contributed by atoms with Crippen LogP contribution < -0.4 is 0 Å². The van der Waals surface area contributed by atoms with Crippen molar-refractivity contribution in [1.29, 1.82) is 0 Å². The van der Waals surface area contributed by atoms with Gasteiger partial charge in [-0.1, -0.05) is 48.5 Å². The number of rotatable bonds is 5. The second-order valence-corrected chi connectivity index (χ2v) is 8.54. The molecule has 0 saturated heterocycles. The summed E-state index contributed by atoms with van der Waals surface area (Å²) in [5.41, 5.74) is 7.15. The van der Waals surface area contributed by atoms with E-state index in [0.717, 1.165) is 43.9 Å². The Bertz CT molecular complexity index is 1390. The molecule has 1 aliphatic rings. The second kappa shape index (κ2) is 8.56. The van der Waals surface area contributed by atoms with Gasteiger partial charge in [-0.05, 0) is 17.2 Å². The number of nitrogens with zero attached hydrogens (tertiary/aromatic N) is 6. The van der Waals surface area contributed by atoms with Gasteiger partial charge in [0.25, 0.3) is 0 Å². The molecule has 6 nitrogen and oxygen atoms in total. The third kappa shape index (κ3) is 4.01. The van der Waals surface area contributed by atoms with Crippen molar-refractivity contribution in [1.82, 2.24) is 29.4 Å². The maximum absolute atomic E-state index is 4.80. The van der Waals surface area contributed by atoms with Crippen molar-refractivity contribution in [2.24, 2.45) is 0 Å². The molecule has 0 unspecified atom stereocenters. The van der Waals surface area contributed by atoms with Crippen LogP contribution in [-0.4, -0.2) is 35.9 Å². The summed E-state index contributed by atoms with van der Waals surface area (Å²) in [6.45, 7) is 3.63. The first kappa shape index (κ1) is 19.8. The van der Waals surface area contributed by atoms with Crippen molar-refractivity contribution in [3.05, 3.63) is 108 Å². The fraction of sp³-hybridized carbons (Fsp3) is 0.185. The average Bonchev–Trinajstić information content (AvgIpc) is 3.22. The van der Waals surface area contributed by atoms with Crippen LogP contribution in [0.3, 0.4) is 0 Å². The largest absolute Gasteiger partial charge is 0.343 e. The highest BCUT2D eigenvalue weighted by Crippen LogP contribution is 2.26. The number of para-hydroxylation sites is 1. The van der Waals surface area contributed by atoms with Gasteiger partial charge in [0.1, 0.15) is 6.33 Å². The summed E-state index contributed by atoms with van der Waals surface area (Å²) in [7, 11) is 0. The fourth-order valence-corrected chi connectivity index (χ4v) is 4.66. The maximum atomic E-state index is 4.80. The topological polar surface area (TPSA) is 59.7 Å². The monoisotopic (exact) mass is 432 g/mol. The van der Waals surface area contributed by atoms with Crippen LogP contribution in [0.5, 0.6) is 0 Å². The van der Waals surface area contributed by atoms with Gasteiger partial charge in [0.2, 0.25) is 0 Å². The summed E-state index contributed by atoms with van der Waals surface area (Å²) >= 11 is 0. The first-order valence-electron chi connectivity index (χ1n) is 11.3. The van der Waals surface area contributed by atoms with Gasteiger partial charge in [0, 0.05) is 73.9 Å². The van der Waals surface area contributed by atoms with E-state index in [1.807, 2.05) is 6.20 Å². The summed E-state index contributed by atoms with van der Waals surface area (Å²) in [6.07, 6.45) is 10.2. The van der Waals surface area contributed by atoms with Crippen LogP contribution in [0.4, 0.5) is 0 Å². The first-order chi connectivity index (χ1) is 16.3. The molecule has 6 rings (SSSR count). The molecular formula is C27H24N6. The Labute approximate surface area is 192 Å². The normalized spacial score (nSPS) is 13.8. The molecule has 0 bridgehead atoms. The number of hydrogen-bond donors (Lipinski definition) is 0. The Morgan fingerprint density at radius 3 is 2.55 bits per heavy atom. The minimum absolute atomic E-state index is 0.701. The number of fused-ring (bicyclic) bond motifs is 2. The molecule has 2 aromatic carbocycles. The SMILES string of the molecule is c1ccc(Cn2cc(CN3CCc4nc(-c5cncnc5)ncc4C3)c3ccccc32)cc1. The zero-order valence-corrected chi connectivity index (χ0v) is 18.3. The van der Waals surface area contributed by atoms with E-state index < -0.39 is 0 Å². The minimum atomic E-state index is 0.701. The average molecular weight is 433 g/mol. The van der Waals surface area contributed by atoms with Crippen molar-refractivity contribution in [2.45, 2.75) is 26.1 Å². The highest BCUT2D eigenvalue weighted by atomic mass is 15.1. The van der Waals surface area contributed by atoms with Gasteiger partial charge in [0.15, 0.2) is 5.82 Å². The summed E-state index contributed by atoms with van der Waals surface area (Å²) < 4.78 is 2.37. The Kier molecular flexibility index (Phi) is 5.13. The highest BCUT2D eigenvalue weighted by molar-refractivity contribution is 5.84. The molecule has 0 fully saturated rings.